The summed E-state index contributed by atoms with van der Waals surface area (Å²) in [6, 6.07) is 16.3. The maximum Gasteiger partial charge on any atom is 0.412 e. The number of aromatic nitrogens is 2. The third-order valence-corrected chi connectivity index (χ3v) is 4.04. The van der Waals surface area contributed by atoms with Crippen molar-refractivity contribution in [2.75, 3.05) is 17.7 Å². The van der Waals surface area contributed by atoms with Crippen LogP contribution >= 0.6 is 0 Å². The molecule has 0 aliphatic heterocycles. The number of carbonyl (C=O) groups excluding carboxylic acids is 1. The first kappa shape index (κ1) is 21.6. The second-order valence-electron chi connectivity index (χ2n) is 7.63. The highest BCUT2D eigenvalue weighted by molar-refractivity contribution is 5.85. The molecule has 0 unspecified atom stereocenters. The smallest absolute Gasteiger partial charge is 0.412 e. The quantitative estimate of drug-likeness (QED) is 0.593. The first-order valence-corrected chi connectivity index (χ1v) is 9.56. The molecule has 0 aliphatic rings. The van der Waals surface area contributed by atoms with Crippen molar-refractivity contribution in [3.63, 3.8) is 0 Å². The number of nitrogens with zero attached hydrogens (tertiary/aromatic N) is 3. The molecule has 0 spiro atoms. The fraction of sp³-hybridized carbons (Fsp3) is 0.217. The molecule has 0 saturated carbocycles. The van der Waals surface area contributed by atoms with Gasteiger partial charge in [-0.15, -0.1) is 0 Å². The zero-order chi connectivity index (χ0) is 22.4. The van der Waals surface area contributed by atoms with Crippen molar-refractivity contribution < 1.29 is 14.3 Å². The fourth-order valence-corrected chi connectivity index (χ4v) is 2.76. The zero-order valence-electron chi connectivity index (χ0n) is 17.8. The Morgan fingerprint density at radius 1 is 1.10 bits per heavy atom. The van der Waals surface area contributed by atoms with E-state index in [0.717, 1.165) is 5.56 Å². The second kappa shape index (κ2) is 9.13. The van der Waals surface area contributed by atoms with Crippen molar-refractivity contribution in [3.8, 4) is 23.1 Å². The lowest BCUT2D eigenvalue weighted by Crippen LogP contribution is -2.27. The maximum atomic E-state index is 12.0. The van der Waals surface area contributed by atoms with Gasteiger partial charge >= 0.3 is 6.09 Å². The molecular formula is C23H23N5O3. The number of carbonyl (C=O) groups is 1. The highest BCUT2D eigenvalue weighted by Gasteiger charge is 2.16. The summed E-state index contributed by atoms with van der Waals surface area (Å²) in [7, 11) is 1.52. The van der Waals surface area contributed by atoms with E-state index in [1.165, 1.54) is 7.11 Å². The summed E-state index contributed by atoms with van der Waals surface area (Å²) in [6.45, 7) is 5.41. The van der Waals surface area contributed by atoms with Crippen LogP contribution in [0.2, 0.25) is 0 Å². The molecule has 0 saturated heterocycles. The minimum atomic E-state index is -0.582. The Bertz CT molecular complexity index is 1130. The predicted molar refractivity (Wildman–Crippen MR) is 118 cm³/mol. The summed E-state index contributed by atoms with van der Waals surface area (Å²) in [5.74, 6) is 0.884. The lowest BCUT2D eigenvalue weighted by Gasteiger charge is -2.19. The lowest BCUT2D eigenvalue weighted by molar-refractivity contribution is 0.0636. The number of ether oxygens (including phenoxy) is 2. The first-order chi connectivity index (χ1) is 14.8. The Labute approximate surface area is 180 Å². The standard InChI is InChI=1S/C23H23N5O3/c1-23(2,3)31-22(29)27-18-7-5-6-17(13-18)26-21-25-11-10-19(28-21)15-8-9-20(30-4)16(12-15)14-24/h5-13H,1-4H3,(H,27,29)(H,25,26,28). The second-order valence-corrected chi connectivity index (χ2v) is 7.63. The Kier molecular flexibility index (Phi) is 6.36. The van der Waals surface area contributed by atoms with Crippen molar-refractivity contribution >= 4 is 23.4 Å². The highest BCUT2D eigenvalue weighted by atomic mass is 16.6. The number of methoxy groups -OCH3 is 1. The van der Waals surface area contributed by atoms with E-state index in [4.69, 9.17) is 9.47 Å². The van der Waals surface area contributed by atoms with Gasteiger partial charge in [0, 0.05) is 23.1 Å². The largest absolute Gasteiger partial charge is 0.495 e. The van der Waals surface area contributed by atoms with Crippen molar-refractivity contribution in [1.29, 1.82) is 5.26 Å². The SMILES string of the molecule is COc1ccc(-c2ccnc(Nc3cccc(NC(=O)OC(C)(C)C)c3)n2)cc1C#N. The predicted octanol–water partition coefficient (Wildman–Crippen LogP) is 5.11. The van der Waals surface area contributed by atoms with E-state index in [1.807, 2.05) is 12.1 Å². The van der Waals surface area contributed by atoms with Crippen LogP contribution < -0.4 is 15.4 Å². The molecule has 2 aromatic carbocycles. The number of amides is 1. The van der Waals surface area contributed by atoms with Gasteiger partial charge in [-0.3, -0.25) is 5.32 Å². The minimum absolute atomic E-state index is 0.376. The summed E-state index contributed by atoms with van der Waals surface area (Å²) in [6.07, 6.45) is 1.10. The Hall–Kier alpha value is -4.12. The molecule has 0 bridgehead atoms. The third kappa shape index (κ3) is 5.93. The van der Waals surface area contributed by atoms with E-state index >= 15 is 0 Å². The van der Waals surface area contributed by atoms with Gasteiger partial charge in [0.05, 0.1) is 18.4 Å². The van der Waals surface area contributed by atoms with Crippen LogP contribution in [0.25, 0.3) is 11.3 Å². The molecule has 0 radical (unpaired) electrons. The first-order valence-electron chi connectivity index (χ1n) is 9.56. The van der Waals surface area contributed by atoms with Gasteiger partial charge in [0.1, 0.15) is 17.4 Å². The average molecular weight is 417 g/mol. The Balaban J connectivity index is 1.77. The van der Waals surface area contributed by atoms with E-state index in [-0.39, 0.29) is 0 Å². The molecule has 158 valence electrons. The fourth-order valence-electron chi connectivity index (χ4n) is 2.76. The van der Waals surface area contributed by atoms with E-state index in [0.29, 0.717) is 34.3 Å². The molecule has 0 atom stereocenters. The summed E-state index contributed by atoms with van der Waals surface area (Å²) in [5, 5.41) is 15.1. The van der Waals surface area contributed by atoms with Crippen molar-refractivity contribution in [2.24, 2.45) is 0 Å². The number of nitriles is 1. The van der Waals surface area contributed by atoms with Crippen molar-refractivity contribution in [2.45, 2.75) is 26.4 Å². The molecule has 1 heterocycles. The van der Waals surface area contributed by atoms with Gasteiger partial charge in [-0.1, -0.05) is 6.07 Å². The molecule has 1 aromatic heterocycles. The molecule has 2 N–H and O–H groups in total. The average Bonchev–Trinajstić information content (AvgIpc) is 2.72. The number of benzene rings is 2. The normalized spacial score (nSPS) is 10.7. The zero-order valence-corrected chi connectivity index (χ0v) is 17.8. The molecule has 31 heavy (non-hydrogen) atoms. The monoisotopic (exact) mass is 417 g/mol. The number of anilines is 3. The number of hydrogen-bond acceptors (Lipinski definition) is 7. The number of hydrogen-bond donors (Lipinski definition) is 2. The molecule has 8 heteroatoms. The third-order valence-electron chi connectivity index (χ3n) is 4.04. The van der Waals surface area contributed by atoms with Crippen LogP contribution in [0.1, 0.15) is 26.3 Å². The number of nitrogens with one attached hydrogen (secondary N) is 2. The molecule has 3 rings (SSSR count). The lowest BCUT2D eigenvalue weighted by atomic mass is 10.1. The van der Waals surface area contributed by atoms with Gasteiger partial charge in [-0.25, -0.2) is 14.8 Å². The van der Waals surface area contributed by atoms with Crippen LogP contribution in [0.3, 0.4) is 0 Å². The minimum Gasteiger partial charge on any atom is -0.495 e. The van der Waals surface area contributed by atoms with Gasteiger partial charge in [0.2, 0.25) is 5.95 Å². The van der Waals surface area contributed by atoms with E-state index in [2.05, 4.69) is 26.7 Å². The van der Waals surface area contributed by atoms with Crippen LogP contribution in [-0.2, 0) is 4.74 Å². The van der Waals surface area contributed by atoms with Crippen LogP contribution in [0.4, 0.5) is 22.1 Å². The summed E-state index contributed by atoms with van der Waals surface area (Å²) < 4.78 is 10.5. The summed E-state index contributed by atoms with van der Waals surface area (Å²) >= 11 is 0. The summed E-state index contributed by atoms with van der Waals surface area (Å²) in [4.78, 5) is 20.8. The summed E-state index contributed by atoms with van der Waals surface area (Å²) in [5.41, 5.74) is 2.53. The maximum absolute atomic E-state index is 12.0. The van der Waals surface area contributed by atoms with Gasteiger partial charge in [0.25, 0.3) is 0 Å². The Morgan fingerprint density at radius 2 is 1.87 bits per heavy atom. The van der Waals surface area contributed by atoms with E-state index in [1.54, 1.807) is 63.4 Å². The van der Waals surface area contributed by atoms with Crippen LogP contribution in [0, 0.1) is 11.3 Å². The van der Waals surface area contributed by atoms with Crippen molar-refractivity contribution in [1.82, 2.24) is 9.97 Å². The molecule has 0 aliphatic carbocycles. The van der Waals surface area contributed by atoms with E-state index in [9.17, 15) is 10.1 Å². The van der Waals surface area contributed by atoms with Crippen molar-refractivity contribution in [3.05, 3.63) is 60.3 Å². The van der Waals surface area contributed by atoms with Gasteiger partial charge in [-0.05, 0) is 63.2 Å². The molecule has 0 fully saturated rings. The topological polar surface area (TPSA) is 109 Å². The molecular weight excluding hydrogens is 394 g/mol. The van der Waals surface area contributed by atoms with Crippen LogP contribution in [-0.4, -0.2) is 28.8 Å². The van der Waals surface area contributed by atoms with Gasteiger partial charge in [-0.2, -0.15) is 5.26 Å². The Morgan fingerprint density at radius 3 is 2.58 bits per heavy atom. The van der Waals surface area contributed by atoms with Crippen LogP contribution in [0.15, 0.2) is 54.7 Å². The number of rotatable bonds is 5. The van der Waals surface area contributed by atoms with Gasteiger partial charge in [0.15, 0.2) is 0 Å². The van der Waals surface area contributed by atoms with Crippen LogP contribution in [0.5, 0.6) is 5.75 Å². The molecule has 3 aromatic rings. The van der Waals surface area contributed by atoms with Gasteiger partial charge < -0.3 is 14.8 Å². The molecule has 1 amide bonds. The molecule has 8 nitrogen and oxygen atoms in total. The highest BCUT2D eigenvalue weighted by Crippen LogP contribution is 2.26. The van der Waals surface area contributed by atoms with E-state index < -0.39 is 11.7 Å².